The minimum atomic E-state index is -0.826. The van der Waals surface area contributed by atoms with Gasteiger partial charge in [-0.15, -0.1) is 0 Å². The second-order valence-electron chi connectivity index (χ2n) is 5.44. The van der Waals surface area contributed by atoms with E-state index >= 15 is 0 Å². The first-order valence-electron chi connectivity index (χ1n) is 7.64. The van der Waals surface area contributed by atoms with Gasteiger partial charge < -0.3 is 0 Å². The first kappa shape index (κ1) is 19.2. The Morgan fingerprint density at radius 2 is 1.67 bits per heavy atom. The van der Waals surface area contributed by atoms with E-state index in [1.54, 1.807) is 5.56 Å². The van der Waals surface area contributed by atoms with Crippen LogP contribution in [0.25, 0.3) is 0 Å². The van der Waals surface area contributed by atoms with E-state index in [9.17, 15) is 0 Å². The van der Waals surface area contributed by atoms with Crippen molar-refractivity contribution in [2.24, 2.45) is 0 Å². The molecule has 0 unspecified atom stereocenters. The SMILES string of the molecule is C[c-]1ccc(C2CCCCCC2)c1.[Cl][Zr+2][Cl].c1cc[cH-]c1. The van der Waals surface area contributed by atoms with Crippen molar-refractivity contribution in [2.75, 3.05) is 0 Å². The minimum Gasteiger partial charge on any atom is -0.214 e. The quantitative estimate of drug-likeness (QED) is 0.358. The van der Waals surface area contributed by atoms with Crippen LogP contribution in [0.15, 0.2) is 48.5 Å². The molecule has 0 radical (unpaired) electrons. The maximum absolute atomic E-state index is 4.93. The van der Waals surface area contributed by atoms with Crippen molar-refractivity contribution in [1.82, 2.24) is 0 Å². The molecule has 0 nitrogen and oxygen atoms in total. The van der Waals surface area contributed by atoms with Gasteiger partial charge in [-0.1, -0.05) is 51.4 Å². The van der Waals surface area contributed by atoms with E-state index in [-0.39, 0.29) is 0 Å². The molecule has 0 saturated heterocycles. The zero-order chi connectivity index (χ0) is 15.3. The molecule has 1 aliphatic rings. The average molecular weight is 403 g/mol. The van der Waals surface area contributed by atoms with E-state index in [1.807, 2.05) is 30.3 Å². The summed E-state index contributed by atoms with van der Waals surface area (Å²) < 4.78 is 0. The number of hydrogen-bond donors (Lipinski definition) is 0. The molecule has 0 bridgehead atoms. The zero-order valence-corrected chi connectivity index (χ0v) is 16.7. The normalized spacial score (nSPS) is 14.8. The Hall–Kier alpha value is 0.163. The van der Waals surface area contributed by atoms with Gasteiger partial charge in [0.25, 0.3) is 0 Å². The molecule has 2 aromatic rings. The van der Waals surface area contributed by atoms with E-state index < -0.39 is 20.8 Å². The summed E-state index contributed by atoms with van der Waals surface area (Å²) in [6.07, 6.45) is 8.63. The molecule has 2 aromatic carbocycles. The van der Waals surface area contributed by atoms with Crippen molar-refractivity contribution in [3.05, 3.63) is 59.7 Å². The fourth-order valence-corrected chi connectivity index (χ4v) is 2.77. The number of hydrogen-bond acceptors (Lipinski definition) is 0. The number of halogens is 2. The Bertz CT molecular complexity index is 409. The first-order chi connectivity index (χ1) is 10.3. The molecular weight excluding hydrogens is 378 g/mol. The summed E-state index contributed by atoms with van der Waals surface area (Å²) in [7, 11) is 9.87. The molecule has 0 spiro atoms. The molecule has 0 aromatic heterocycles. The van der Waals surface area contributed by atoms with Crippen LogP contribution in [0.5, 0.6) is 0 Å². The second kappa shape index (κ2) is 12.7. The summed E-state index contributed by atoms with van der Waals surface area (Å²) in [6.45, 7) is 2.19. The largest absolute Gasteiger partial charge is 0.214 e. The van der Waals surface area contributed by atoms with Crippen LogP contribution in [-0.4, -0.2) is 0 Å². The molecule has 114 valence electrons. The summed E-state index contributed by atoms with van der Waals surface area (Å²) in [4.78, 5) is 0. The topological polar surface area (TPSA) is 0 Å². The monoisotopic (exact) mass is 400 g/mol. The van der Waals surface area contributed by atoms with Crippen molar-refractivity contribution >= 4 is 17.0 Å². The molecule has 0 N–H and O–H groups in total. The van der Waals surface area contributed by atoms with Crippen LogP contribution in [0.1, 0.15) is 55.6 Å². The van der Waals surface area contributed by atoms with Gasteiger partial charge in [-0.25, -0.2) is 18.2 Å². The summed E-state index contributed by atoms with van der Waals surface area (Å²) >= 11 is -0.826. The average Bonchev–Trinajstić information content (AvgIpc) is 3.11. The Kier molecular flexibility index (Phi) is 11.6. The molecule has 0 atom stereocenters. The maximum atomic E-state index is 4.93. The Balaban J connectivity index is 0.000000228. The van der Waals surface area contributed by atoms with Gasteiger partial charge in [0.2, 0.25) is 0 Å². The third kappa shape index (κ3) is 9.02. The van der Waals surface area contributed by atoms with Crippen LogP contribution in [0.4, 0.5) is 0 Å². The van der Waals surface area contributed by atoms with Crippen LogP contribution < -0.4 is 0 Å². The standard InChI is InChI=1S/C13H19.C5H5.2ClH.Zr/c1-11-8-9-13(10-11)12-6-4-2-3-5-7-12;1-2-4-5-3-1;;;/h8-10,12H,2-7H2,1H3;1-5H;2*1H;/q2*-1;;;+4/p-2. The first-order valence-corrected chi connectivity index (χ1v) is 14.0. The van der Waals surface area contributed by atoms with Gasteiger partial charge in [-0.05, 0) is 0 Å². The third-order valence-electron chi connectivity index (χ3n) is 3.82. The molecule has 0 amide bonds. The van der Waals surface area contributed by atoms with E-state index in [0.29, 0.717) is 0 Å². The zero-order valence-electron chi connectivity index (χ0n) is 12.7. The van der Waals surface area contributed by atoms with Gasteiger partial charge in [0.15, 0.2) is 0 Å². The Morgan fingerprint density at radius 1 is 1.10 bits per heavy atom. The fourth-order valence-electron chi connectivity index (χ4n) is 2.77. The van der Waals surface area contributed by atoms with Crippen molar-refractivity contribution in [1.29, 1.82) is 0 Å². The van der Waals surface area contributed by atoms with E-state index in [2.05, 4.69) is 25.1 Å². The summed E-state index contributed by atoms with van der Waals surface area (Å²) in [5.74, 6) is 0.871. The number of aryl methyl sites for hydroxylation is 1. The molecule has 3 heteroatoms. The van der Waals surface area contributed by atoms with Gasteiger partial charge in [0.05, 0.1) is 0 Å². The van der Waals surface area contributed by atoms with E-state index in [1.165, 1.54) is 44.1 Å². The molecule has 1 aliphatic carbocycles. The Morgan fingerprint density at radius 3 is 2.05 bits per heavy atom. The number of rotatable bonds is 1. The fraction of sp³-hybridized carbons (Fsp3) is 0.444. The Labute approximate surface area is 148 Å². The molecule has 1 fully saturated rings. The maximum Gasteiger partial charge on any atom is -0.172 e. The van der Waals surface area contributed by atoms with E-state index in [4.69, 9.17) is 17.0 Å². The molecule has 0 aliphatic heterocycles. The van der Waals surface area contributed by atoms with Crippen LogP contribution >= 0.6 is 17.0 Å². The van der Waals surface area contributed by atoms with Gasteiger partial charge >= 0.3 is 37.9 Å². The third-order valence-corrected chi connectivity index (χ3v) is 3.82. The summed E-state index contributed by atoms with van der Waals surface area (Å²) in [6, 6.07) is 16.9. The van der Waals surface area contributed by atoms with Gasteiger partial charge in [0.1, 0.15) is 0 Å². The predicted molar refractivity (Wildman–Crippen MR) is 91.0 cm³/mol. The molecular formula is C18H24Cl2Zr. The summed E-state index contributed by atoms with van der Waals surface area (Å²) in [5.41, 5.74) is 3.03. The smallest absolute Gasteiger partial charge is 0.172 e. The van der Waals surface area contributed by atoms with Gasteiger partial charge in [-0.3, -0.25) is 0 Å². The van der Waals surface area contributed by atoms with Crippen molar-refractivity contribution in [3.63, 3.8) is 0 Å². The van der Waals surface area contributed by atoms with Gasteiger partial charge in [0, 0.05) is 0 Å². The van der Waals surface area contributed by atoms with Crippen molar-refractivity contribution in [2.45, 2.75) is 51.4 Å². The van der Waals surface area contributed by atoms with Crippen molar-refractivity contribution < 1.29 is 20.8 Å². The van der Waals surface area contributed by atoms with E-state index in [0.717, 1.165) is 5.92 Å². The van der Waals surface area contributed by atoms with Gasteiger partial charge in [-0.2, -0.15) is 41.5 Å². The van der Waals surface area contributed by atoms with Crippen LogP contribution in [0.3, 0.4) is 0 Å². The molecule has 21 heavy (non-hydrogen) atoms. The van der Waals surface area contributed by atoms with Crippen LogP contribution in [0, 0.1) is 6.92 Å². The predicted octanol–water partition coefficient (Wildman–Crippen LogP) is 6.93. The van der Waals surface area contributed by atoms with Crippen LogP contribution in [-0.2, 0) is 20.8 Å². The van der Waals surface area contributed by atoms with Crippen LogP contribution in [0.2, 0.25) is 0 Å². The summed E-state index contributed by atoms with van der Waals surface area (Å²) in [5, 5.41) is 0. The van der Waals surface area contributed by atoms with Crippen molar-refractivity contribution in [3.8, 4) is 0 Å². The molecule has 1 saturated carbocycles. The molecule has 0 heterocycles. The second-order valence-corrected chi connectivity index (χ2v) is 9.18. The molecule has 3 rings (SSSR count). The minimum absolute atomic E-state index is 0.826.